The van der Waals surface area contributed by atoms with Gasteiger partial charge in [-0.3, -0.25) is 8.96 Å². The molecule has 3 rings (SSSR count). The van der Waals surface area contributed by atoms with Gasteiger partial charge in [0.2, 0.25) is 0 Å². The number of ether oxygens (including phenoxy) is 3. The quantitative estimate of drug-likeness (QED) is 0.427. The maximum Gasteiger partial charge on any atom is 0.461 e. The predicted molar refractivity (Wildman–Crippen MR) is 95.4 cm³/mol. The summed E-state index contributed by atoms with van der Waals surface area (Å²) in [5, 5.41) is 0. The van der Waals surface area contributed by atoms with Crippen molar-refractivity contribution in [1.82, 2.24) is 13.9 Å². The topological polar surface area (TPSA) is 58.4 Å². The summed E-state index contributed by atoms with van der Waals surface area (Å²) >= 11 is 1.14. The number of hydrogen-bond donors (Lipinski definition) is 0. The smallest absolute Gasteiger partial charge is 0.461 e. The van der Waals surface area contributed by atoms with Crippen LogP contribution < -0.4 is 14.2 Å². The van der Waals surface area contributed by atoms with Crippen LogP contribution in [0.1, 0.15) is 5.69 Å². The summed E-state index contributed by atoms with van der Waals surface area (Å²) in [6.07, 6.45) is -6.24. The lowest BCUT2D eigenvalue weighted by Gasteiger charge is -2.19. The average molecular weight is 453 g/mol. The van der Waals surface area contributed by atoms with Crippen LogP contribution in [0.25, 0.3) is 11.0 Å². The number of benzene rings is 1. The van der Waals surface area contributed by atoms with Crippen molar-refractivity contribution in [2.24, 2.45) is 0 Å². The molecule has 0 amide bonds. The van der Waals surface area contributed by atoms with Gasteiger partial charge in [0.05, 0.1) is 29.6 Å². The summed E-state index contributed by atoms with van der Waals surface area (Å²) in [5.74, 6) is -0.936. The van der Waals surface area contributed by atoms with Gasteiger partial charge in [-0.25, -0.2) is 4.98 Å². The minimum absolute atomic E-state index is 0.101. The Labute approximate surface area is 169 Å². The van der Waals surface area contributed by atoms with Gasteiger partial charge in [0.1, 0.15) is 12.1 Å². The van der Waals surface area contributed by atoms with Crippen LogP contribution >= 0.6 is 11.9 Å². The summed E-state index contributed by atoms with van der Waals surface area (Å²) in [7, 11) is 1.49. The van der Waals surface area contributed by atoms with Crippen molar-refractivity contribution in [3.8, 4) is 17.2 Å². The molecular formula is C17H13F6N3O3S. The van der Waals surface area contributed by atoms with E-state index in [9.17, 15) is 26.3 Å². The molecule has 0 saturated carbocycles. The van der Waals surface area contributed by atoms with E-state index in [1.807, 2.05) is 0 Å². The van der Waals surface area contributed by atoms with Crippen LogP contribution in [0.5, 0.6) is 17.2 Å². The standard InChI is InChI=1S/C17H13F6N3O3S/c1-27-10-2-3-24-9(4-10)7-30-26-8-25-11-5-13(28-16(20)21)14(6-12(11)26)29-17(22,23)15(18)19/h2-6,8,15-16H,7H2,1H3. The lowest BCUT2D eigenvalue weighted by molar-refractivity contribution is -0.254. The molecule has 2 heterocycles. The number of halogens is 6. The molecule has 3 aromatic rings. The molecule has 0 radical (unpaired) electrons. The summed E-state index contributed by atoms with van der Waals surface area (Å²) in [6.45, 7) is -3.39. The Morgan fingerprint density at radius 1 is 1.10 bits per heavy atom. The number of nitrogens with zero attached hydrogens (tertiary/aromatic N) is 3. The zero-order valence-corrected chi connectivity index (χ0v) is 15.9. The molecule has 0 aliphatic carbocycles. The van der Waals surface area contributed by atoms with Crippen LogP contribution in [-0.4, -0.2) is 40.2 Å². The molecule has 1 aromatic carbocycles. The van der Waals surface area contributed by atoms with Gasteiger partial charge in [-0.05, 0) is 18.0 Å². The van der Waals surface area contributed by atoms with E-state index in [1.165, 1.54) is 23.6 Å². The molecule has 0 N–H and O–H groups in total. The van der Waals surface area contributed by atoms with Crippen molar-refractivity contribution >= 4 is 23.0 Å². The maximum absolute atomic E-state index is 13.4. The van der Waals surface area contributed by atoms with Crippen LogP contribution in [0.4, 0.5) is 26.3 Å². The minimum atomic E-state index is -4.91. The van der Waals surface area contributed by atoms with Crippen molar-refractivity contribution in [3.63, 3.8) is 0 Å². The Morgan fingerprint density at radius 3 is 2.53 bits per heavy atom. The van der Waals surface area contributed by atoms with Gasteiger partial charge >= 0.3 is 19.1 Å². The highest BCUT2D eigenvalue weighted by Gasteiger charge is 2.44. The second-order valence-corrected chi connectivity index (χ2v) is 6.60. The van der Waals surface area contributed by atoms with E-state index < -0.39 is 30.6 Å². The largest absolute Gasteiger partial charge is 0.497 e. The molecule has 0 unspecified atom stereocenters. The predicted octanol–water partition coefficient (Wildman–Crippen LogP) is 4.97. The fourth-order valence-corrected chi connectivity index (χ4v) is 3.18. The molecule has 0 spiro atoms. The fourth-order valence-electron chi connectivity index (χ4n) is 2.35. The van der Waals surface area contributed by atoms with E-state index in [-0.39, 0.29) is 11.0 Å². The molecule has 30 heavy (non-hydrogen) atoms. The molecule has 2 aromatic heterocycles. The van der Waals surface area contributed by atoms with Gasteiger partial charge in [0, 0.05) is 24.4 Å². The Balaban J connectivity index is 1.92. The van der Waals surface area contributed by atoms with E-state index in [2.05, 4.69) is 19.4 Å². The molecule has 0 fully saturated rings. The third-order valence-corrected chi connectivity index (χ3v) is 4.67. The summed E-state index contributed by atoms with van der Waals surface area (Å²) in [4.78, 5) is 8.14. The first kappa shape index (κ1) is 21.9. The molecule has 0 bridgehead atoms. The summed E-state index contributed by atoms with van der Waals surface area (Å²) in [5.41, 5.74) is 0.883. The van der Waals surface area contributed by atoms with Crippen molar-refractivity contribution in [2.75, 3.05) is 7.11 Å². The normalized spacial score (nSPS) is 12.0. The fraction of sp³-hybridized carbons (Fsp3) is 0.294. The van der Waals surface area contributed by atoms with E-state index in [4.69, 9.17) is 4.74 Å². The zero-order chi connectivity index (χ0) is 21.9. The third kappa shape index (κ3) is 5.01. The lowest BCUT2D eigenvalue weighted by atomic mass is 10.2. The van der Waals surface area contributed by atoms with Crippen molar-refractivity contribution in [3.05, 3.63) is 42.5 Å². The second kappa shape index (κ2) is 8.90. The first-order valence-corrected chi connectivity index (χ1v) is 9.07. The summed E-state index contributed by atoms with van der Waals surface area (Å²) in [6, 6.07) is 5.11. The Bertz CT molecular complexity index is 1020. The molecule has 0 atom stereocenters. The number of imidazole rings is 1. The maximum atomic E-state index is 13.4. The third-order valence-electron chi connectivity index (χ3n) is 3.67. The molecule has 0 saturated heterocycles. The van der Waals surface area contributed by atoms with Gasteiger partial charge in [-0.15, -0.1) is 0 Å². The van der Waals surface area contributed by atoms with Gasteiger partial charge in [0.25, 0.3) is 0 Å². The van der Waals surface area contributed by atoms with E-state index in [0.717, 1.165) is 24.1 Å². The van der Waals surface area contributed by atoms with E-state index in [1.54, 1.807) is 12.1 Å². The van der Waals surface area contributed by atoms with E-state index >= 15 is 0 Å². The second-order valence-electron chi connectivity index (χ2n) is 5.66. The molecule has 162 valence electrons. The number of fused-ring (bicyclic) bond motifs is 1. The zero-order valence-electron chi connectivity index (χ0n) is 15.1. The van der Waals surface area contributed by atoms with Crippen LogP contribution in [0.15, 0.2) is 36.8 Å². The summed E-state index contributed by atoms with van der Waals surface area (Å²) < 4.78 is 91.6. The number of aromatic nitrogens is 3. The Morgan fingerprint density at radius 2 is 1.87 bits per heavy atom. The first-order chi connectivity index (χ1) is 14.2. The molecular weight excluding hydrogens is 440 g/mol. The average Bonchev–Trinajstić information content (AvgIpc) is 3.07. The van der Waals surface area contributed by atoms with Gasteiger partial charge in [-0.2, -0.15) is 26.3 Å². The first-order valence-electron chi connectivity index (χ1n) is 8.12. The molecule has 6 nitrogen and oxygen atoms in total. The number of methoxy groups -OCH3 is 1. The SMILES string of the molecule is COc1ccnc(CSn2cnc3cc(OC(F)F)c(OC(F)(F)C(F)F)cc32)c1. The van der Waals surface area contributed by atoms with Gasteiger partial charge < -0.3 is 14.2 Å². The van der Waals surface area contributed by atoms with E-state index in [0.29, 0.717) is 17.2 Å². The highest BCUT2D eigenvalue weighted by molar-refractivity contribution is 7.97. The number of hydrogen-bond acceptors (Lipinski definition) is 6. The molecule has 0 aliphatic rings. The van der Waals surface area contributed by atoms with Crippen LogP contribution in [0.2, 0.25) is 0 Å². The molecule has 0 aliphatic heterocycles. The number of pyridine rings is 1. The van der Waals surface area contributed by atoms with Crippen molar-refractivity contribution in [2.45, 2.75) is 24.9 Å². The monoisotopic (exact) mass is 453 g/mol. The van der Waals surface area contributed by atoms with Crippen molar-refractivity contribution < 1.29 is 40.6 Å². The minimum Gasteiger partial charge on any atom is -0.497 e. The number of alkyl halides is 6. The van der Waals surface area contributed by atoms with Crippen LogP contribution in [-0.2, 0) is 5.75 Å². The Kier molecular flexibility index (Phi) is 6.48. The number of rotatable bonds is 9. The van der Waals surface area contributed by atoms with Crippen LogP contribution in [0, 0.1) is 0 Å². The Hall–Kier alpha value is -2.83. The highest BCUT2D eigenvalue weighted by atomic mass is 32.2. The van der Waals surface area contributed by atoms with Crippen LogP contribution in [0.3, 0.4) is 0 Å². The molecule has 13 heteroatoms. The highest BCUT2D eigenvalue weighted by Crippen LogP contribution is 2.38. The van der Waals surface area contributed by atoms with Gasteiger partial charge in [0.15, 0.2) is 11.5 Å². The van der Waals surface area contributed by atoms with Gasteiger partial charge in [-0.1, -0.05) is 0 Å². The lowest BCUT2D eigenvalue weighted by Crippen LogP contribution is -2.33. The van der Waals surface area contributed by atoms with Crippen molar-refractivity contribution in [1.29, 1.82) is 0 Å².